The van der Waals surface area contributed by atoms with Gasteiger partial charge >= 0.3 is 0 Å². The highest BCUT2D eigenvalue weighted by molar-refractivity contribution is 8.02. The molecule has 1 atom stereocenters. The highest BCUT2D eigenvalue weighted by Crippen LogP contribution is 2.33. The molecule has 0 amide bonds. The van der Waals surface area contributed by atoms with Crippen molar-refractivity contribution in [2.24, 2.45) is 0 Å². The average Bonchev–Trinajstić information content (AvgIpc) is 3.25. The molecular weight excluding hydrogens is 318 g/mol. The summed E-state index contributed by atoms with van der Waals surface area (Å²) in [6, 6.07) is 7.74. The van der Waals surface area contributed by atoms with Gasteiger partial charge in [-0.25, -0.2) is 0 Å². The molecule has 0 spiro atoms. The zero-order chi connectivity index (χ0) is 15.5. The summed E-state index contributed by atoms with van der Waals surface area (Å²) in [5.74, 6) is 0.830. The van der Waals surface area contributed by atoms with E-state index in [2.05, 4.69) is 15.5 Å². The number of carbonyl (C=O) groups excluding carboxylic acids is 1. The van der Waals surface area contributed by atoms with E-state index in [1.807, 2.05) is 6.92 Å². The molecule has 1 unspecified atom stereocenters. The van der Waals surface area contributed by atoms with Crippen LogP contribution in [0.25, 0.3) is 0 Å². The first kappa shape index (κ1) is 15.3. The van der Waals surface area contributed by atoms with Crippen LogP contribution in [-0.4, -0.2) is 34.4 Å². The lowest BCUT2D eigenvalue weighted by Crippen LogP contribution is -2.13. The number of carbonyl (C=O) groups is 1. The van der Waals surface area contributed by atoms with Crippen molar-refractivity contribution in [1.29, 1.82) is 0 Å². The molecule has 1 fully saturated rings. The zero-order valence-electron chi connectivity index (χ0n) is 12.4. The number of nitrogens with one attached hydrogen (secondary N) is 1. The maximum Gasteiger partial charge on any atom is 0.206 e. The summed E-state index contributed by atoms with van der Waals surface area (Å²) in [6.45, 7) is 1.90. The first-order chi connectivity index (χ1) is 10.7. The molecule has 0 saturated heterocycles. The second-order valence-electron chi connectivity index (χ2n) is 5.14. The molecule has 3 rings (SSSR count). The second-order valence-corrected chi connectivity index (χ2v) is 7.71. The lowest BCUT2D eigenvalue weighted by Gasteiger charge is -2.08. The molecule has 1 aliphatic carbocycles. The minimum absolute atomic E-state index is 0.0829. The number of nitrogens with zero attached hydrogens (tertiary/aromatic N) is 2. The standard InChI is InChI=1S/C15H17N3O2S2/c1-9(13(19)10-3-7-12(20-2)8-4-10)21-15-18-17-14(22-15)16-11-5-6-11/h3-4,7-9,11H,5-6H2,1-2H3,(H,16,17). The van der Waals surface area contributed by atoms with Crippen LogP contribution in [0.5, 0.6) is 5.75 Å². The fourth-order valence-electron chi connectivity index (χ4n) is 1.91. The molecular formula is C15H17N3O2S2. The molecule has 1 aliphatic rings. The Kier molecular flexibility index (Phi) is 4.63. The zero-order valence-corrected chi connectivity index (χ0v) is 14.0. The van der Waals surface area contributed by atoms with Crippen LogP contribution in [0.15, 0.2) is 28.6 Å². The normalized spacial score (nSPS) is 15.4. The van der Waals surface area contributed by atoms with Gasteiger partial charge < -0.3 is 10.1 Å². The van der Waals surface area contributed by atoms with Gasteiger partial charge in [-0.05, 0) is 44.0 Å². The number of methoxy groups -OCH3 is 1. The number of benzene rings is 1. The van der Waals surface area contributed by atoms with Crippen molar-refractivity contribution in [1.82, 2.24) is 10.2 Å². The highest BCUT2D eigenvalue weighted by Gasteiger charge is 2.23. The van der Waals surface area contributed by atoms with Gasteiger partial charge in [0.15, 0.2) is 10.1 Å². The molecule has 0 aliphatic heterocycles. The third-order valence-corrected chi connectivity index (χ3v) is 5.37. The van der Waals surface area contributed by atoms with Crippen LogP contribution in [0.2, 0.25) is 0 Å². The van der Waals surface area contributed by atoms with Crippen LogP contribution in [0.4, 0.5) is 5.13 Å². The summed E-state index contributed by atoms with van der Waals surface area (Å²) in [5, 5.41) is 12.2. The smallest absolute Gasteiger partial charge is 0.206 e. The summed E-state index contributed by atoms with van der Waals surface area (Å²) < 4.78 is 5.92. The number of hydrogen-bond donors (Lipinski definition) is 1. The average molecular weight is 335 g/mol. The van der Waals surface area contributed by atoms with E-state index in [4.69, 9.17) is 4.74 Å². The van der Waals surface area contributed by atoms with Crippen molar-refractivity contribution < 1.29 is 9.53 Å². The molecule has 1 aromatic carbocycles. The number of anilines is 1. The minimum atomic E-state index is -0.199. The van der Waals surface area contributed by atoms with Gasteiger partial charge in [-0.1, -0.05) is 23.1 Å². The topological polar surface area (TPSA) is 64.1 Å². The van der Waals surface area contributed by atoms with E-state index in [1.54, 1.807) is 31.4 Å². The van der Waals surface area contributed by atoms with Gasteiger partial charge in [-0.15, -0.1) is 10.2 Å². The lowest BCUT2D eigenvalue weighted by molar-refractivity contribution is 0.0994. The number of ketones is 1. The Morgan fingerprint density at radius 2 is 2.09 bits per heavy atom. The fraction of sp³-hybridized carbons (Fsp3) is 0.400. The van der Waals surface area contributed by atoms with E-state index in [9.17, 15) is 4.79 Å². The molecule has 116 valence electrons. The molecule has 1 N–H and O–H groups in total. The van der Waals surface area contributed by atoms with Gasteiger partial charge in [-0.3, -0.25) is 4.79 Å². The predicted octanol–water partition coefficient (Wildman–Crippen LogP) is 3.48. The molecule has 1 saturated carbocycles. The van der Waals surface area contributed by atoms with Crippen LogP contribution in [0.3, 0.4) is 0 Å². The number of hydrogen-bond acceptors (Lipinski definition) is 7. The highest BCUT2D eigenvalue weighted by atomic mass is 32.2. The van der Waals surface area contributed by atoms with Crippen LogP contribution in [-0.2, 0) is 0 Å². The molecule has 1 aromatic heterocycles. The van der Waals surface area contributed by atoms with Crippen molar-refractivity contribution in [2.45, 2.75) is 35.4 Å². The quantitative estimate of drug-likeness (QED) is 0.617. The summed E-state index contributed by atoms with van der Waals surface area (Å²) in [5.41, 5.74) is 0.682. The maximum absolute atomic E-state index is 12.4. The van der Waals surface area contributed by atoms with E-state index in [0.29, 0.717) is 11.6 Å². The molecule has 0 bridgehead atoms. The van der Waals surface area contributed by atoms with Gasteiger partial charge in [0.25, 0.3) is 0 Å². The SMILES string of the molecule is COc1ccc(C(=O)C(C)Sc2nnc(NC3CC3)s2)cc1. The summed E-state index contributed by atoms with van der Waals surface area (Å²) in [4.78, 5) is 12.4. The minimum Gasteiger partial charge on any atom is -0.497 e. The molecule has 0 radical (unpaired) electrons. The number of aromatic nitrogens is 2. The fourth-order valence-corrected chi connectivity index (χ4v) is 3.96. The van der Waals surface area contributed by atoms with E-state index in [0.717, 1.165) is 15.2 Å². The van der Waals surface area contributed by atoms with Crippen LogP contribution < -0.4 is 10.1 Å². The van der Waals surface area contributed by atoms with E-state index >= 15 is 0 Å². The van der Waals surface area contributed by atoms with Gasteiger partial charge in [-0.2, -0.15) is 0 Å². The lowest BCUT2D eigenvalue weighted by atomic mass is 10.1. The van der Waals surface area contributed by atoms with Crippen molar-refractivity contribution >= 4 is 34.0 Å². The summed E-state index contributed by atoms with van der Waals surface area (Å²) in [7, 11) is 1.61. The predicted molar refractivity (Wildman–Crippen MR) is 89.2 cm³/mol. The number of Topliss-reactive ketones (excluding diaryl/α,β-unsaturated/α-hetero) is 1. The van der Waals surface area contributed by atoms with Crippen LogP contribution >= 0.6 is 23.1 Å². The third kappa shape index (κ3) is 3.78. The summed E-state index contributed by atoms with van der Waals surface area (Å²) >= 11 is 2.95. The van der Waals surface area contributed by atoms with Gasteiger partial charge in [0.05, 0.1) is 12.4 Å². The Bertz CT molecular complexity index is 653. The van der Waals surface area contributed by atoms with Gasteiger partial charge in [0.2, 0.25) is 5.13 Å². The maximum atomic E-state index is 12.4. The Morgan fingerprint density at radius 1 is 1.36 bits per heavy atom. The van der Waals surface area contributed by atoms with E-state index in [-0.39, 0.29) is 11.0 Å². The Morgan fingerprint density at radius 3 is 2.73 bits per heavy atom. The Balaban J connectivity index is 1.60. The van der Waals surface area contributed by atoms with Gasteiger partial charge in [0.1, 0.15) is 5.75 Å². The van der Waals surface area contributed by atoms with Crippen molar-refractivity contribution in [3.05, 3.63) is 29.8 Å². The molecule has 7 heteroatoms. The largest absolute Gasteiger partial charge is 0.497 e. The number of thioether (sulfide) groups is 1. The van der Waals surface area contributed by atoms with Crippen molar-refractivity contribution in [2.75, 3.05) is 12.4 Å². The first-order valence-corrected chi connectivity index (χ1v) is 8.80. The number of ether oxygens (including phenoxy) is 1. The number of rotatable bonds is 7. The van der Waals surface area contributed by atoms with Crippen LogP contribution in [0.1, 0.15) is 30.1 Å². The Labute approximate surface area is 137 Å². The van der Waals surface area contributed by atoms with Crippen LogP contribution in [0, 0.1) is 0 Å². The molecule has 5 nitrogen and oxygen atoms in total. The molecule has 2 aromatic rings. The third-order valence-electron chi connectivity index (χ3n) is 3.33. The van der Waals surface area contributed by atoms with Crippen molar-refractivity contribution in [3.8, 4) is 5.75 Å². The van der Waals surface area contributed by atoms with Crippen molar-refractivity contribution in [3.63, 3.8) is 0 Å². The monoisotopic (exact) mass is 335 g/mol. The van der Waals surface area contributed by atoms with E-state index in [1.165, 1.54) is 35.9 Å². The summed E-state index contributed by atoms with van der Waals surface area (Å²) in [6.07, 6.45) is 2.41. The second kappa shape index (κ2) is 6.66. The van der Waals surface area contributed by atoms with E-state index < -0.39 is 0 Å². The molecule has 22 heavy (non-hydrogen) atoms. The first-order valence-electron chi connectivity index (χ1n) is 7.10. The van der Waals surface area contributed by atoms with Gasteiger partial charge in [0, 0.05) is 11.6 Å². The molecule has 1 heterocycles. The Hall–Kier alpha value is -1.60.